The Morgan fingerprint density at radius 2 is 1.94 bits per heavy atom. The molecule has 0 spiro atoms. The largest absolute Gasteiger partial charge is 0.493 e. The molecule has 0 amide bonds. The summed E-state index contributed by atoms with van der Waals surface area (Å²) in [6.07, 6.45) is -0.676. The maximum atomic E-state index is 13.5. The molecule has 0 saturated carbocycles. The zero-order chi connectivity index (χ0) is 24.1. The number of benzene rings is 2. The molecule has 33 heavy (non-hydrogen) atoms. The average Bonchev–Trinajstić information content (AvgIpc) is 2.76. The number of unbranched alkanes of at least 4 members (excludes halogenated alkanes) is 1. The Hall–Kier alpha value is -2.14. The minimum Gasteiger partial charge on any atom is -0.493 e. The molecular weight excluding hydrogens is 478 g/mol. The van der Waals surface area contributed by atoms with E-state index in [4.69, 9.17) is 31.6 Å². The summed E-state index contributed by atoms with van der Waals surface area (Å²) in [4.78, 5) is 19.2. The number of ether oxygens (including phenoxy) is 1. The lowest BCUT2D eigenvalue weighted by atomic mass is 10.1. The third kappa shape index (κ3) is 9.71. The summed E-state index contributed by atoms with van der Waals surface area (Å²) in [7, 11) is -0.917. The zero-order valence-electron chi connectivity index (χ0n) is 17.5. The molecule has 2 aromatic rings. The Bertz CT molecular complexity index is 900. The van der Waals surface area contributed by atoms with E-state index in [0.717, 1.165) is 18.9 Å². The highest BCUT2D eigenvalue weighted by molar-refractivity contribution is 7.80. The van der Waals surface area contributed by atoms with Crippen molar-refractivity contribution in [1.29, 1.82) is 0 Å². The third-order valence-electron chi connectivity index (χ3n) is 4.43. The van der Waals surface area contributed by atoms with Crippen molar-refractivity contribution in [2.45, 2.75) is 31.5 Å². The van der Waals surface area contributed by atoms with Crippen LogP contribution < -0.4 is 15.6 Å². The molecule has 0 bridgehead atoms. The SMILES string of the molecule is FC(F)(F)c1cc(C(=S)N/N=C/C2CON2)ccc1OCCCCc1ccccc1.OPO. The van der Waals surface area contributed by atoms with E-state index in [1.807, 2.05) is 30.3 Å². The standard InChI is InChI=1S/C21H22F3N3O2S.H3O2P/c22-21(23,24)18-12-16(20(30)26-25-13-17-14-29-27-17)9-10-19(18)28-11-5-4-8-15-6-2-1-3-7-15;1-3-2/h1-3,6-7,9-10,12-13,17,27H,4-5,8,11,14H2,(H,26,30);1-3H/b25-13+;. The van der Waals surface area contributed by atoms with Crippen LogP contribution in [0.15, 0.2) is 53.6 Å². The lowest BCUT2D eigenvalue weighted by molar-refractivity contribution is -0.139. The first-order valence-corrected chi connectivity index (χ1v) is 11.3. The zero-order valence-corrected chi connectivity index (χ0v) is 19.3. The molecule has 0 radical (unpaired) electrons. The molecule has 180 valence electrons. The van der Waals surface area contributed by atoms with Gasteiger partial charge in [-0.2, -0.15) is 23.8 Å². The maximum Gasteiger partial charge on any atom is 0.419 e. The fourth-order valence-electron chi connectivity index (χ4n) is 2.78. The topological polar surface area (TPSA) is 95.3 Å². The van der Waals surface area contributed by atoms with Crippen LogP contribution in [0.25, 0.3) is 0 Å². The van der Waals surface area contributed by atoms with Crippen LogP contribution in [0.3, 0.4) is 0 Å². The van der Waals surface area contributed by atoms with E-state index in [9.17, 15) is 13.2 Å². The number of rotatable bonds is 9. The van der Waals surface area contributed by atoms with Gasteiger partial charge in [-0.3, -0.25) is 10.3 Å². The molecule has 1 heterocycles. The number of thiocarbonyl (C=S) groups is 1. The quantitative estimate of drug-likeness (QED) is 0.136. The Labute approximate surface area is 196 Å². The number of hydroxylamine groups is 1. The van der Waals surface area contributed by atoms with E-state index in [0.29, 0.717) is 13.0 Å². The molecule has 2 aromatic carbocycles. The van der Waals surface area contributed by atoms with Crippen LogP contribution in [0.2, 0.25) is 0 Å². The summed E-state index contributed by atoms with van der Waals surface area (Å²) >= 11 is 5.14. The molecule has 1 fully saturated rings. The monoisotopic (exact) mass is 503 g/mol. The van der Waals surface area contributed by atoms with Crippen LogP contribution in [0, 0.1) is 0 Å². The van der Waals surface area contributed by atoms with E-state index in [2.05, 4.69) is 16.0 Å². The maximum absolute atomic E-state index is 13.5. The van der Waals surface area contributed by atoms with Crippen LogP contribution in [0.1, 0.15) is 29.5 Å². The lowest BCUT2D eigenvalue weighted by Crippen LogP contribution is -2.47. The van der Waals surface area contributed by atoms with Crippen LogP contribution >= 0.6 is 21.3 Å². The molecule has 7 nitrogen and oxygen atoms in total. The van der Waals surface area contributed by atoms with Crippen LogP contribution in [-0.2, 0) is 17.4 Å². The number of alkyl halides is 3. The molecule has 0 aliphatic carbocycles. The van der Waals surface area contributed by atoms with Crippen LogP contribution in [-0.4, -0.2) is 40.2 Å². The van der Waals surface area contributed by atoms with Crippen molar-refractivity contribution in [3.8, 4) is 5.75 Å². The molecule has 1 unspecified atom stereocenters. The van der Waals surface area contributed by atoms with Crippen LogP contribution in [0.5, 0.6) is 5.75 Å². The fraction of sp³-hybridized carbons (Fsp3) is 0.333. The normalized spacial score (nSPS) is 15.4. The van der Waals surface area contributed by atoms with Crippen molar-refractivity contribution in [1.82, 2.24) is 10.9 Å². The van der Waals surface area contributed by atoms with E-state index in [-0.39, 0.29) is 29.0 Å². The van der Waals surface area contributed by atoms with Gasteiger partial charge in [0.25, 0.3) is 0 Å². The van der Waals surface area contributed by atoms with Crippen molar-refractivity contribution in [2.24, 2.45) is 5.10 Å². The molecule has 1 aliphatic rings. The van der Waals surface area contributed by atoms with Gasteiger partial charge in [0, 0.05) is 11.8 Å². The molecule has 1 aliphatic heterocycles. The summed E-state index contributed by atoms with van der Waals surface area (Å²) in [6.45, 7) is 0.687. The van der Waals surface area contributed by atoms with Crippen molar-refractivity contribution >= 4 is 32.5 Å². The number of halogens is 3. The van der Waals surface area contributed by atoms with Gasteiger partial charge in [-0.15, -0.1) is 0 Å². The first kappa shape index (κ1) is 27.1. The second kappa shape index (κ2) is 14.2. The first-order chi connectivity index (χ1) is 15.8. The van der Waals surface area contributed by atoms with Crippen molar-refractivity contribution < 1.29 is 32.5 Å². The number of nitrogens with zero attached hydrogens (tertiary/aromatic N) is 1. The molecule has 1 atom stereocenters. The summed E-state index contributed by atoms with van der Waals surface area (Å²) < 4.78 is 45.9. The summed E-state index contributed by atoms with van der Waals surface area (Å²) in [6, 6.07) is 13.7. The lowest BCUT2D eigenvalue weighted by Gasteiger charge is -2.22. The Morgan fingerprint density at radius 3 is 2.55 bits per heavy atom. The van der Waals surface area contributed by atoms with Gasteiger partial charge in [-0.05, 0) is 43.0 Å². The number of nitrogens with one attached hydrogen (secondary N) is 2. The van der Waals surface area contributed by atoms with Crippen LogP contribution in [0.4, 0.5) is 13.2 Å². The van der Waals surface area contributed by atoms with Gasteiger partial charge in [-0.25, -0.2) is 0 Å². The van der Waals surface area contributed by atoms with Gasteiger partial charge in [0.2, 0.25) is 0 Å². The third-order valence-corrected chi connectivity index (χ3v) is 4.75. The fourth-order valence-corrected chi connectivity index (χ4v) is 2.96. The van der Waals surface area contributed by atoms with E-state index in [1.54, 1.807) is 0 Å². The Kier molecular flexibility index (Phi) is 11.7. The smallest absolute Gasteiger partial charge is 0.419 e. The highest BCUT2D eigenvalue weighted by Crippen LogP contribution is 2.37. The van der Waals surface area contributed by atoms with Gasteiger partial charge in [-0.1, -0.05) is 42.5 Å². The summed E-state index contributed by atoms with van der Waals surface area (Å²) in [5.74, 6) is -0.201. The Balaban J connectivity index is 0.00000122. The number of hydrazone groups is 1. The van der Waals surface area contributed by atoms with Gasteiger partial charge in [0.05, 0.1) is 24.8 Å². The molecule has 0 aromatic heterocycles. The summed E-state index contributed by atoms with van der Waals surface area (Å²) in [5, 5.41) is 3.91. The minimum absolute atomic E-state index is 0.0382. The molecule has 4 N–H and O–H groups in total. The van der Waals surface area contributed by atoms with Gasteiger partial charge in [0.15, 0.2) is 0 Å². The Morgan fingerprint density at radius 1 is 1.24 bits per heavy atom. The predicted octanol–water partition coefficient (Wildman–Crippen LogP) is 3.74. The van der Waals surface area contributed by atoms with Crippen molar-refractivity contribution in [2.75, 3.05) is 13.2 Å². The van der Waals surface area contributed by atoms with Crippen molar-refractivity contribution in [3.05, 3.63) is 65.2 Å². The molecule has 12 heteroatoms. The van der Waals surface area contributed by atoms with Gasteiger partial charge >= 0.3 is 6.18 Å². The van der Waals surface area contributed by atoms with E-state index < -0.39 is 20.8 Å². The highest BCUT2D eigenvalue weighted by Gasteiger charge is 2.35. The number of hydrogen-bond acceptors (Lipinski definition) is 7. The van der Waals surface area contributed by atoms with Gasteiger partial charge in [0.1, 0.15) is 19.8 Å². The van der Waals surface area contributed by atoms with Crippen molar-refractivity contribution in [3.63, 3.8) is 0 Å². The van der Waals surface area contributed by atoms with E-state index >= 15 is 0 Å². The second-order valence-corrected chi connectivity index (χ2v) is 7.46. The molecule has 3 rings (SSSR count). The molecule has 1 saturated heterocycles. The average molecular weight is 503 g/mol. The highest BCUT2D eigenvalue weighted by atomic mass is 32.1. The number of aryl methyl sites for hydroxylation is 1. The molecular formula is C21H25F3N3O4PS. The van der Waals surface area contributed by atoms with Gasteiger partial charge < -0.3 is 14.5 Å². The second-order valence-electron chi connectivity index (χ2n) is 6.85. The number of hydrogen-bond donors (Lipinski definition) is 4. The minimum atomic E-state index is -4.55. The predicted molar refractivity (Wildman–Crippen MR) is 125 cm³/mol. The first-order valence-electron chi connectivity index (χ1n) is 9.97. The summed E-state index contributed by atoms with van der Waals surface area (Å²) in [5.41, 5.74) is 5.76. The van der Waals surface area contributed by atoms with E-state index in [1.165, 1.54) is 23.9 Å².